The van der Waals surface area contributed by atoms with Crippen molar-refractivity contribution in [2.45, 2.75) is 6.42 Å². The molecule has 1 heterocycles. The van der Waals surface area contributed by atoms with Crippen LogP contribution in [0.4, 0.5) is 0 Å². The van der Waals surface area contributed by atoms with E-state index in [9.17, 15) is 0 Å². The molecule has 0 radical (unpaired) electrons. The van der Waals surface area contributed by atoms with Gasteiger partial charge in [0.25, 0.3) is 0 Å². The number of nitriles is 1. The highest BCUT2D eigenvalue weighted by atomic mass is 35.5. The van der Waals surface area contributed by atoms with E-state index in [1.807, 2.05) is 5.38 Å². The number of aromatic nitrogens is 1. The van der Waals surface area contributed by atoms with E-state index in [2.05, 4.69) is 11.1 Å². The van der Waals surface area contributed by atoms with E-state index < -0.39 is 0 Å². The van der Waals surface area contributed by atoms with Gasteiger partial charge >= 0.3 is 0 Å². The van der Waals surface area contributed by atoms with Gasteiger partial charge in [0.2, 0.25) is 0 Å². The zero-order valence-corrected chi connectivity index (χ0v) is 10.4. The zero-order chi connectivity index (χ0) is 11.5. The van der Waals surface area contributed by atoms with Crippen LogP contribution in [0, 0.1) is 11.3 Å². The summed E-state index contributed by atoms with van der Waals surface area (Å²) >= 11 is 13.6. The highest BCUT2D eigenvalue weighted by Gasteiger charge is 2.11. The Kier molecular flexibility index (Phi) is 3.45. The molecule has 0 N–H and O–H groups in total. The molecule has 0 aliphatic rings. The zero-order valence-electron chi connectivity index (χ0n) is 8.08. The van der Waals surface area contributed by atoms with Crippen LogP contribution in [-0.2, 0) is 6.42 Å². The Morgan fingerprint density at radius 2 is 2.00 bits per heavy atom. The highest BCUT2D eigenvalue weighted by Crippen LogP contribution is 2.36. The van der Waals surface area contributed by atoms with Gasteiger partial charge in [0, 0.05) is 10.9 Å². The average molecular weight is 269 g/mol. The van der Waals surface area contributed by atoms with E-state index >= 15 is 0 Å². The maximum Gasteiger partial charge on any atom is 0.126 e. The fourth-order valence-electron chi connectivity index (χ4n) is 1.29. The van der Waals surface area contributed by atoms with Crippen LogP contribution < -0.4 is 0 Å². The van der Waals surface area contributed by atoms with Crippen LogP contribution in [0.2, 0.25) is 10.0 Å². The highest BCUT2D eigenvalue weighted by molar-refractivity contribution is 7.13. The van der Waals surface area contributed by atoms with E-state index in [1.165, 1.54) is 11.3 Å². The van der Waals surface area contributed by atoms with Gasteiger partial charge in [-0.1, -0.05) is 29.3 Å². The van der Waals surface area contributed by atoms with E-state index in [1.54, 1.807) is 18.2 Å². The van der Waals surface area contributed by atoms with E-state index in [4.69, 9.17) is 28.5 Å². The summed E-state index contributed by atoms with van der Waals surface area (Å²) in [6.45, 7) is 0. The second-order valence-corrected chi connectivity index (χ2v) is 4.75. The largest absolute Gasteiger partial charge is 0.240 e. The Bertz CT molecular complexity index is 537. The van der Waals surface area contributed by atoms with Crippen molar-refractivity contribution < 1.29 is 0 Å². The molecule has 2 aromatic rings. The standard InChI is InChI=1S/C11H6Cl2N2S/c12-8-2-1-3-9(13)10(8)11-15-7(4-5-14)6-16-11/h1-3,6H,4H2. The monoisotopic (exact) mass is 268 g/mol. The van der Waals surface area contributed by atoms with Gasteiger partial charge in [0.1, 0.15) is 5.01 Å². The van der Waals surface area contributed by atoms with Gasteiger partial charge < -0.3 is 0 Å². The molecule has 0 saturated heterocycles. The molecular formula is C11H6Cl2N2S. The molecule has 1 aromatic heterocycles. The van der Waals surface area contributed by atoms with Gasteiger partial charge in [-0.15, -0.1) is 11.3 Å². The van der Waals surface area contributed by atoms with Gasteiger partial charge in [-0.25, -0.2) is 4.98 Å². The topological polar surface area (TPSA) is 36.7 Å². The molecule has 80 valence electrons. The first-order valence-corrected chi connectivity index (χ1v) is 6.11. The predicted molar refractivity (Wildman–Crippen MR) is 66.9 cm³/mol. The summed E-state index contributed by atoms with van der Waals surface area (Å²) in [5.74, 6) is 0. The van der Waals surface area contributed by atoms with Crippen molar-refractivity contribution in [3.63, 3.8) is 0 Å². The summed E-state index contributed by atoms with van der Waals surface area (Å²) in [6, 6.07) is 7.39. The Labute approximate surface area is 107 Å². The van der Waals surface area contributed by atoms with Crippen molar-refractivity contribution in [3.05, 3.63) is 39.3 Å². The Morgan fingerprint density at radius 3 is 2.62 bits per heavy atom. The van der Waals surface area contributed by atoms with Gasteiger partial charge in [-0.2, -0.15) is 5.26 Å². The maximum absolute atomic E-state index is 8.57. The first-order valence-electron chi connectivity index (χ1n) is 4.48. The third-order valence-electron chi connectivity index (χ3n) is 1.99. The molecule has 5 heteroatoms. The molecule has 0 atom stereocenters. The van der Waals surface area contributed by atoms with Crippen LogP contribution in [-0.4, -0.2) is 4.98 Å². The summed E-state index contributed by atoms with van der Waals surface area (Å²) in [7, 11) is 0. The summed E-state index contributed by atoms with van der Waals surface area (Å²) in [5, 5.41) is 12.3. The van der Waals surface area contributed by atoms with Crippen molar-refractivity contribution in [2.24, 2.45) is 0 Å². The smallest absolute Gasteiger partial charge is 0.126 e. The number of thiazole rings is 1. The van der Waals surface area contributed by atoms with Crippen molar-refractivity contribution in [2.75, 3.05) is 0 Å². The lowest BCUT2D eigenvalue weighted by Crippen LogP contribution is -1.83. The molecule has 2 rings (SSSR count). The number of nitrogens with zero attached hydrogens (tertiary/aromatic N) is 2. The summed E-state index contributed by atoms with van der Waals surface area (Å²) in [5.41, 5.74) is 1.48. The molecule has 0 aliphatic carbocycles. The third kappa shape index (κ3) is 2.19. The Morgan fingerprint density at radius 1 is 1.31 bits per heavy atom. The number of hydrogen-bond donors (Lipinski definition) is 0. The minimum atomic E-state index is 0.304. The van der Waals surface area contributed by atoms with Crippen LogP contribution in [0.3, 0.4) is 0 Å². The molecule has 0 fully saturated rings. The van der Waals surface area contributed by atoms with Gasteiger partial charge in [-0.05, 0) is 12.1 Å². The molecule has 0 saturated carbocycles. The second-order valence-electron chi connectivity index (χ2n) is 3.08. The van der Waals surface area contributed by atoms with Crippen molar-refractivity contribution in [1.29, 1.82) is 5.26 Å². The first-order chi connectivity index (χ1) is 7.72. The van der Waals surface area contributed by atoms with Gasteiger partial charge in [0.05, 0.1) is 28.2 Å². The van der Waals surface area contributed by atoms with Gasteiger partial charge in [-0.3, -0.25) is 0 Å². The molecule has 0 amide bonds. The van der Waals surface area contributed by atoms with Crippen molar-refractivity contribution in [1.82, 2.24) is 4.98 Å². The summed E-state index contributed by atoms with van der Waals surface area (Å²) in [6.07, 6.45) is 0.304. The lowest BCUT2D eigenvalue weighted by molar-refractivity contribution is 1.16. The normalized spacial score (nSPS) is 10.1. The van der Waals surface area contributed by atoms with Crippen LogP contribution in [0.1, 0.15) is 5.69 Å². The maximum atomic E-state index is 8.57. The van der Waals surface area contributed by atoms with E-state index in [-0.39, 0.29) is 0 Å². The lowest BCUT2D eigenvalue weighted by Gasteiger charge is -2.02. The molecule has 0 unspecified atom stereocenters. The molecule has 0 spiro atoms. The van der Waals surface area contributed by atoms with E-state index in [0.717, 1.165) is 16.3 Å². The van der Waals surface area contributed by atoms with Crippen LogP contribution in [0.15, 0.2) is 23.6 Å². The fourth-order valence-corrected chi connectivity index (χ4v) is 2.87. The van der Waals surface area contributed by atoms with Crippen LogP contribution >= 0.6 is 34.5 Å². The van der Waals surface area contributed by atoms with Crippen LogP contribution in [0.5, 0.6) is 0 Å². The second kappa shape index (κ2) is 4.84. The van der Waals surface area contributed by atoms with E-state index in [0.29, 0.717) is 16.5 Å². The van der Waals surface area contributed by atoms with Gasteiger partial charge in [0.15, 0.2) is 0 Å². The lowest BCUT2D eigenvalue weighted by atomic mass is 10.2. The minimum Gasteiger partial charge on any atom is -0.240 e. The molecular weight excluding hydrogens is 263 g/mol. The minimum absolute atomic E-state index is 0.304. The first kappa shape index (κ1) is 11.4. The number of halogens is 2. The molecule has 1 aromatic carbocycles. The fraction of sp³-hybridized carbons (Fsp3) is 0.0909. The number of benzene rings is 1. The molecule has 16 heavy (non-hydrogen) atoms. The Balaban J connectivity index is 2.47. The predicted octanol–water partition coefficient (Wildman–Crippen LogP) is 4.18. The van der Waals surface area contributed by atoms with Crippen molar-refractivity contribution in [3.8, 4) is 16.6 Å². The number of rotatable bonds is 2. The quantitative estimate of drug-likeness (QED) is 0.819. The SMILES string of the molecule is N#CCc1csc(-c2c(Cl)cccc2Cl)n1. The summed E-state index contributed by atoms with van der Waals surface area (Å²) in [4.78, 5) is 4.32. The Hall–Kier alpha value is -1.08. The van der Waals surface area contributed by atoms with Crippen LogP contribution in [0.25, 0.3) is 10.6 Å². The third-order valence-corrected chi connectivity index (χ3v) is 3.53. The van der Waals surface area contributed by atoms with Crippen molar-refractivity contribution >= 4 is 34.5 Å². The molecule has 0 bridgehead atoms. The molecule has 0 aliphatic heterocycles. The number of hydrogen-bond acceptors (Lipinski definition) is 3. The summed E-state index contributed by atoms with van der Waals surface area (Å²) < 4.78 is 0. The molecule has 2 nitrogen and oxygen atoms in total. The average Bonchev–Trinajstić information content (AvgIpc) is 2.67.